The highest BCUT2D eigenvalue weighted by Crippen LogP contribution is 2.22. The Morgan fingerprint density at radius 3 is 1.50 bits per heavy atom. The van der Waals surface area contributed by atoms with Crippen molar-refractivity contribution < 1.29 is 34.0 Å². The predicted octanol–water partition coefficient (Wildman–Crippen LogP) is 1.58. The summed E-state index contributed by atoms with van der Waals surface area (Å²) in [5.41, 5.74) is -0.653. The normalized spacial score (nSPS) is 12.7. The summed E-state index contributed by atoms with van der Waals surface area (Å²) in [4.78, 5) is 36.0. The van der Waals surface area contributed by atoms with E-state index in [1.54, 1.807) is 13.8 Å². The van der Waals surface area contributed by atoms with Crippen molar-refractivity contribution in [3.63, 3.8) is 0 Å². The van der Waals surface area contributed by atoms with E-state index in [4.69, 9.17) is 14.2 Å². The molecule has 0 saturated heterocycles. The summed E-state index contributed by atoms with van der Waals surface area (Å²) in [6.45, 7) is 5.82. The fourth-order valence-electron chi connectivity index (χ4n) is 1.88. The molecule has 142 valence electrons. The first-order chi connectivity index (χ1) is 12.3. The number of carbonyl (C=O) groups is 2. The molecular weight excluding hydrogens is 346 g/mol. The van der Waals surface area contributed by atoms with E-state index in [9.17, 15) is 19.8 Å². The fourth-order valence-corrected chi connectivity index (χ4v) is 1.88. The summed E-state index contributed by atoms with van der Waals surface area (Å²) in [7, 11) is 1.27. The van der Waals surface area contributed by atoms with E-state index >= 15 is 0 Å². The maximum Gasteiger partial charge on any atom is 0.345 e. The van der Waals surface area contributed by atoms with E-state index in [-0.39, 0.29) is 42.0 Å². The van der Waals surface area contributed by atoms with Crippen LogP contribution in [0.5, 0.6) is 6.01 Å². The Morgan fingerprint density at radius 1 is 0.846 bits per heavy atom. The van der Waals surface area contributed by atoms with Crippen LogP contribution in [-0.4, -0.2) is 57.4 Å². The Labute approximate surface area is 150 Å². The summed E-state index contributed by atoms with van der Waals surface area (Å²) < 4.78 is 14.7. The van der Waals surface area contributed by atoms with Crippen LogP contribution in [0, 0.1) is 0 Å². The number of aliphatic hydroxyl groups is 2. The summed E-state index contributed by atoms with van der Waals surface area (Å²) in [5, 5.41) is 19.7. The largest absolute Gasteiger partial charge is 0.512 e. The molecule has 0 aliphatic heterocycles. The third-order valence-corrected chi connectivity index (χ3v) is 2.93. The molecule has 0 aliphatic carbocycles. The topological polar surface area (TPSA) is 141 Å². The number of esters is 2. The summed E-state index contributed by atoms with van der Waals surface area (Å²) in [6.07, 6.45) is 0. The van der Waals surface area contributed by atoms with Gasteiger partial charge >= 0.3 is 17.9 Å². The van der Waals surface area contributed by atoms with Gasteiger partial charge in [0.05, 0.1) is 20.3 Å². The van der Waals surface area contributed by atoms with E-state index in [1.165, 1.54) is 21.0 Å². The van der Waals surface area contributed by atoms with Gasteiger partial charge in [-0.3, -0.25) is 0 Å². The highest BCUT2D eigenvalue weighted by Gasteiger charge is 2.26. The zero-order valence-corrected chi connectivity index (χ0v) is 15.2. The van der Waals surface area contributed by atoms with E-state index < -0.39 is 23.5 Å². The molecular formula is C16H21N3O7. The molecule has 0 amide bonds. The monoisotopic (exact) mass is 367 g/mol. The summed E-state index contributed by atoms with van der Waals surface area (Å²) >= 11 is 0. The first-order valence-electron chi connectivity index (χ1n) is 7.71. The maximum absolute atomic E-state index is 12.1. The second-order valence-electron chi connectivity index (χ2n) is 4.83. The number of hydrogen-bond donors (Lipinski definition) is 2. The molecule has 1 aromatic rings. The van der Waals surface area contributed by atoms with Crippen molar-refractivity contribution in [3.8, 4) is 6.01 Å². The highest BCUT2D eigenvalue weighted by atomic mass is 16.5. The number of rotatable bonds is 7. The molecule has 0 saturated carbocycles. The number of hydrogen-bond acceptors (Lipinski definition) is 10. The molecule has 1 aromatic heterocycles. The standard InChI is InChI=1S/C16H21N3O7/c1-6-25-14(22)10(8(3)20)12-17-13(19-16(18-12)24-5)11(9(4)21)15(23)26-7-2/h20-21H,6-7H2,1-5H3/b10-8+,11-9+. The molecule has 26 heavy (non-hydrogen) atoms. The minimum absolute atomic E-state index is 0.0639. The summed E-state index contributed by atoms with van der Waals surface area (Å²) in [5.74, 6) is -3.10. The molecule has 0 aliphatic rings. The van der Waals surface area contributed by atoms with Gasteiger partial charge in [-0.1, -0.05) is 0 Å². The molecule has 0 spiro atoms. The minimum Gasteiger partial charge on any atom is -0.512 e. The molecule has 1 rings (SSSR count). The Morgan fingerprint density at radius 2 is 1.23 bits per heavy atom. The average Bonchev–Trinajstić information content (AvgIpc) is 2.54. The zero-order valence-electron chi connectivity index (χ0n) is 15.2. The van der Waals surface area contributed by atoms with E-state index in [2.05, 4.69) is 15.0 Å². The van der Waals surface area contributed by atoms with Crippen LogP contribution in [0.15, 0.2) is 11.5 Å². The van der Waals surface area contributed by atoms with Crippen molar-refractivity contribution in [1.82, 2.24) is 15.0 Å². The molecule has 0 radical (unpaired) electrons. The van der Waals surface area contributed by atoms with Crippen molar-refractivity contribution in [1.29, 1.82) is 0 Å². The van der Waals surface area contributed by atoms with Crippen LogP contribution in [0.2, 0.25) is 0 Å². The number of ether oxygens (including phenoxy) is 3. The van der Waals surface area contributed by atoms with Crippen LogP contribution in [-0.2, 0) is 19.1 Å². The maximum atomic E-state index is 12.1. The molecule has 0 atom stereocenters. The summed E-state index contributed by atoms with van der Waals surface area (Å²) in [6, 6.07) is -0.240. The van der Waals surface area contributed by atoms with Crippen LogP contribution in [0.3, 0.4) is 0 Å². The Kier molecular flexibility index (Phi) is 7.51. The number of allylic oxidation sites excluding steroid dienone is 2. The number of methoxy groups -OCH3 is 1. The van der Waals surface area contributed by atoms with E-state index in [1.807, 2.05) is 0 Å². The van der Waals surface area contributed by atoms with Crippen molar-refractivity contribution >= 4 is 23.1 Å². The lowest BCUT2D eigenvalue weighted by molar-refractivity contribution is -0.137. The Hall–Kier alpha value is -3.17. The number of aliphatic hydroxyl groups excluding tert-OH is 2. The van der Waals surface area contributed by atoms with Crippen LogP contribution in [0.25, 0.3) is 11.1 Å². The third kappa shape index (κ3) is 4.91. The van der Waals surface area contributed by atoms with Gasteiger partial charge in [-0.25, -0.2) is 14.6 Å². The minimum atomic E-state index is -0.867. The molecule has 1 heterocycles. The van der Waals surface area contributed by atoms with E-state index in [0.29, 0.717) is 0 Å². The number of carbonyl (C=O) groups excluding carboxylic acids is 2. The van der Waals surface area contributed by atoms with Gasteiger partial charge in [0.2, 0.25) is 0 Å². The number of nitrogens with zero attached hydrogens (tertiary/aromatic N) is 3. The third-order valence-electron chi connectivity index (χ3n) is 2.93. The first kappa shape index (κ1) is 20.9. The van der Waals surface area contributed by atoms with Gasteiger partial charge in [-0.05, 0) is 27.7 Å². The van der Waals surface area contributed by atoms with Crippen molar-refractivity contribution in [2.45, 2.75) is 27.7 Å². The molecule has 10 nitrogen and oxygen atoms in total. The lowest BCUT2D eigenvalue weighted by Gasteiger charge is -2.11. The molecule has 0 fully saturated rings. The lowest BCUT2D eigenvalue weighted by Crippen LogP contribution is -2.16. The van der Waals surface area contributed by atoms with Gasteiger partial charge < -0.3 is 24.4 Å². The number of aromatic nitrogens is 3. The smallest absolute Gasteiger partial charge is 0.345 e. The van der Waals surface area contributed by atoms with Crippen molar-refractivity contribution in [3.05, 3.63) is 23.2 Å². The van der Waals surface area contributed by atoms with Crippen LogP contribution in [0.1, 0.15) is 39.3 Å². The van der Waals surface area contributed by atoms with Crippen LogP contribution >= 0.6 is 0 Å². The van der Waals surface area contributed by atoms with Gasteiger partial charge in [0, 0.05) is 0 Å². The second kappa shape index (κ2) is 9.35. The molecule has 0 bridgehead atoms. The Balaban J connectivity index is 3.62. The van der Waals surface area contributed by atoms with Gasteiger partial charge in [0.1, 0.15) is 22.7 Å². The van der Waals surface area contributed by atoms with Crippen molar-refractivity contribution in [2.24, 2.45) is 0 Å². The fraction of sp³-hybridized carbons (Fsp3) is 0.438. The molecule has 0 aromatic carbocycles. The molecule has 10 heteroatoms. The Bertz CT molecular complexity index is 690. The van der Waals surface area contributed by atoms with Crippen LogP contribution < -0.4 is 4.74 Å². The average molecular weight is 367 g/mol. The van der Waals surface area contributed by atoms with Crippen LogP contribution in [0.4, 0.5) is 0 Å². The first-order valence-corrected chi connectivity index (χ1v) is 7.71. The second-order valence-corrected chi connectivity index (χ2v) is 4.83. The predicted molar refractivity (Wildman–Crippen MR) is 90.1 cm³/mol. The highest BCUT2D eigenvalue weighted by molar-refractivity contribution is 6.17. The molecule has 2 N–H and O–H groups in total. The lowest BCUT2D eigenvalue weighted by atomic mass is 10.2. The van der Waals surface area contributed by atoms with E-state index in [0.717, 1.165) is 0 Å². The SMILES string of the molecule is CCOC(=O)/C(=C(\C)O)c1nc(OC)nc(/C(C(=O)OCC)=C(/C)O)n1. The van der Waals surface area contributed by atoms with Gasteiger partial charge in [-0.2, -0.15) is 9.97 Å². The van der Waals surface area contributed by atoms with Crippen molar-refractivity contribution in [2.75, 3.05) is 20.3 Å². The quantitative estimate of drug-likeness (QED) is 0.414. The van der Waals surface area contributed by atoms with Gasteiger partial charge in [-0.15, -0.1) is 0 Å². The van der Waals surface area contributed by atoms with Gasteiger partial charge in [0.25, 0.3) is 0 Å². The zero-order chi connectivity index (χ0) is 19.9. The van der Waals surface area contributed by atoms with Gasteiger partial charge in [0.15, 0.2) is 11.6 Å². The molecule has 0 unspecified atom stereocenters.